The Morgan fingerprint density at radius 2 is 2.27 bits per heavy atom. The van der Waals surface area contributed by atoms with E-state index in [1.54, 1.807) is 25.1 Å². The van der Waals surface area contributed by atoms with Crippen LogP contribution < -0.4 is 5.73 Å². The van der Waals surface area contributed by atoms with E-state index in [-0.39, 0.29) is 5.56 Å². The van der Waals surface area contributed by atoms with Gasteiger partial charge < -0.3 is 5.73 Å². The van der Waals surface area contributed by atoms with Gasteiger partial charge in [-0.3, -0.25) is 0 Å². The maximum absolute atomic E-state index is 13.2. The van der Waals surface area contributed by atoms with E-state index >= 15 is 0 Å². The maximum Gasteiger partial charge on any atom is 0.141 e. The first-order valence-corrected chi connectivity index (χ1v) is 4.37. The van der Waals surface area contributed by atoms with Crippen LogP contribution in [0.25, 0.3) is 5.57 Å². The number of allylic oxidation sites excluding steroid dienone is 2. The molecule has 2 nitrogen and oxygen atoms in total. The smallest absolute Gasteiger partial charge is 0.141 e. The van der Waals surface area contributed by atoms with Crippen molar-refractivity contribution >= 4 is 5.57 Å². The molecule has 0 atom stereocenters. The van der Waals surface area contributed by atoms with Crippen molar-refractivity contribution in [2.75, 3.05) is 0 Å². The van der Waals surface area contributed by atoms with Gasteiger partial charge in [0.15, 0.2) is 0 Å². The number of benzene rings is 1. The molecule has 0 amide bonds. The summed E-state index contributed by atoms with van der Waals surface area (Å²) in [5.74, 6) is -0.523. The molecule has 1 aromatic rings. The fourth-order valence-corrected chi connectivity index (χ4v) is 1.21. The Balaban J connectivity index is 3.14. The molecule has 2 N–H and O–H groups in total. The van der Waals surface area contributed by atoms with Gasteiger partial charge in [0.2, 0.25) is 0 Å². The molecule has 1 rings (SSSR count). The molecule has 0 spiro atoms. The van der Waals surface area contributed by atoms with Gasteiger partial charge in [-0.25, -0.2) is 4.39 Å². The lowest BCUT2D eigenvalue weighted by atomic mass is 10.0. The topological polar surface area (TPSA) is 49.8 Å². The Hall–Kier alpha value is -2.08. The minimum atomic E-state index is -0.523. The molecule has 0 aliphatic heterocycles. The summed E-state index contributed by atoms with van der Waals surface area (Å²) < 4.78 is 13.2. The van der Waals surface area contributed by atoms with E-state index in [4.69, 9.17) is 11.0 Å². The van der Waals surface area contributed by atoms with Crippen LogP contribution in [-0.2, 0) is 0 Å². The van der Waals surface area contributed by atoms with Gasteiger partial charge in [-0.1, -0.05) is 12.6 Å². The van der Waals surface area contributed by atoms with Gasteiger partial charge >= 0.3 is 0 Å². The predicted octanol–water partition coefficient (Wildman–Crippen LogP) is 2.57. The van der Waals surface area contributed by atoms with Crippen molar-refractivity contribution in [1.29, 1.82) is 5.26 Å². The highest BCUT2D eigenvalue weighted by molar-refractivity contribution is 5.66. The molecule has 0 unspecified atom stereocenters. The van der Waals surface area contributed by atoms with Crippen LogP contribution in [0.3, 0.4) is 0 Å². The Morgan fingerprint density at radius 1 is 1.60 bits per heavy atom. The zero-order valence-electron chi connectivity index (χ0n) is 8.42. The fourth-order valence-electron chi connectivity index (χ4n) is 1.21. The summed E-state index contributed by atoms with van der Waals surface area (Å²) in [6.07, 6.45) is 1.65. The molecule has 0 saturated heterocycles. The van der Waals surface area contributed by atoms with Gasteiger partial charge in [0.1, 0.15) is 11.9 Å². The zero-order valence-corrected chi connectivity index (χ0v) is 8.42. The summed E-state index contributed by atoms with van der Waals surface area (Å²) in [6, 6.07) is 6.20. The van der Waals surface area contributed by atoms with Gasteiger partial charge in [-0.2, -0.15) is 5.26 Å². The molecular weight excluding hydrogens is 191 g/mol. The lowest BCUT2D eigenvalue weighted by molar-refractivity contribution is 0.623. The fraction of sp³-hybridized carbons (Fsp3) is 0.0833. The number of nitrogens with two attached hydrogens (primary N) is 1. The summed E-state index contributed by atoms with van der Waals surface area (Å²) in [5.41, 5.74) is 7.37. The molecule has 0 radical (unpaired) electrons. The Bertz CT molecular complexity index is 467. The van der Waals surface area contributed by atoms with Gasteiger partial charge in [-0.05, 0) is 36.3 Å². The average Bonchev–Trinajstić information content (AvgIpc) is 2.16. The van der Waals surface area contributed by atoms with E-state index in [1.807, 2.05) is 0 Å². The number of hydrogen-bond acceptors (Lipinski definition) is 2. The molecular formula is C12H11FN2. The van der Waals surface area contributed by atoms with E-state index in [9.17, 15) is 4.39 Å². The third-order valence-electron chi connectivity index (χ3n) is 1.95. The molecule has 0 saturated carbocycles. The molecule has 0 bridgehead atoms. The monoisotopic (exact) mass is 202 g/mol. The van der Waals surface area contributed by atoms with Crippen molar-refractivity contribution in [3.8, 4) is 6.07 Å². The van der Waals surface area contributed by atoms with Crippen molar-refractivity contribution in [1.82, 2.24) is 0 Å². The van der Waals surface area contributed by atoms with Crippen molar-refractivity contribution in [3.05, 3.63) is 53.5 Å². The van der Waals surface area contributed by atoms with Gasteiger partial charge in [0.05, 0.1) is 5.56 Å². The largest absolute Gasteiger partial charge is 0.399 e. The van der Waals surface area contributed by atoms with Crippen LogP contribution in [0.5, 0.6) is 0 Å². The van der Waals surface area contributed by atoms with Crippen molar-refractivity contribution in [3.63, 3.8) is 0 Å². The van der Waals surface area contributed by atoms with Crippen LogP contribution in [0.4, 0.5) is 4.39 Å². The molecule has 0 aliphatic rings. The Labute approximate surface area is 88.1 Å². The van der Waals surface area contributed by atoms with Gasteiger partial charge in [-0.15, -0.1) is 0 Å². The molecule has 0 aromatic heterocycles. The van der Waals surface area contributed by atoms with Crippen LogP contribution in [0.1, 0.15) is 18.1 Å². The van der Waals surface area contributed by atoms with E-state index in [1.165, 1.54) is 12.1 Å². The highest BCUT2D eigenvalue weighted by Gasteiger charge is 2.03. The number of rotatable bonds is 2. The summed E-state index contributed by atoms with van der Waals surface area (Å²) in [4.78, 5) is 0. The maximum atomic E-state index is 13.2. The van der Waals surface area contributed by atoms with E-state index < -0.39 is 5.82 Å². The highest BCUT2D eigenvalue weighted by atomic mass is 19.1. The molecule has 15 heavy (non-hydrogen) atoms. The lowest BCUT2D eigenvalue weighted by Gasteiger charge is -2.02. The molecule has 0 aliphatic carbocycles. The van der Waals surface area contributed by atoms with E-state index in [0.717, 1.165) is 5.57 Å². The molecule has 1 aromatic carbocycles. The quantitative estimate of drug-likeness (QED) is 0.749. The van der Waals surface area contributed by atoms with Crippen LogP contribution in [0.15, 0.2) is 36.6 Å². The predicted molar refractivity (Wildman–Crippen MR) is 58.1 cm³/mol. The molecule has 0 heterocycles. The Kier molecular flexibility index (Phi) is 3.25. The Morgan fingerprint density at radius 3 is 2.73 bits per heavy atom. The summed E-state index contributed by atoms with van der Waals surface area (Å²) in [6.45, 7) is 5.34. The highest BCUT2D eigenvalue weighted by Crippen LogP contribution is 2.17. The number of halogens is 1. The zero-order chi connectivity index (χ0) is 11.4. The van der Waals surface area contributed by atoms with Crippen LogP contribution in [0, 0.1) is 17.1 Å². The second kappa shape index (κ2) is 4.43. The molecule has 3 heteroatoms. The minimum absolute atomic E-state index is 0.0399. The average molecular weight is 202 g/mol. The van der Waals surface area contributed by atoms with E-state index in [2.05, 4.69) is 6.58 Å². The summed E-state index contributed by atoms with van der Waals surface area (Å²) in [5, 5.41) is 8.55. The van der Waals surface area contributed by atoms with Crippen LogP contribution >= 0.6 is 0 Å². The SMILES string of the molecule is C=C(N)/C=C(\C)c1ccc(C#N)c(F)c1. The van der Waals surface area contributed by atoms with Crippen molar-refractivity contribution in [2.45, 2.75) is 6.92 Å². The van der Waals surface area contributed by atoms with Crippen molar-refractivity contribution < 1.29 is 4.39 Å². The van der Waals surface area contributed by atoms with Crippen LogP contribution in [-0.4, -0.2) is 0 Å². The standard InChI is InChI=1S/C12H11FN2/c1-8(5-9(2)15)10-3-4-11(7-14)12(13)6-10/h3-6H,2,15H2,1H3/b8-5+. The van der Waals surface area contributed by atoms with Crippen molar-refractivity contribution in [2.24, 2.45) is 5.73 Å². The molecule has 76 valence electrons. The van der Waals surface area contributed by atoms with Gasteiger partial charge in [0.25, 0.3) is 0 Å². The van der Waals surface area contributed by atoms with Gasteiger partial charge in [0, 0.05) is 5.70 Å². The number of nitriles is 1. The summed E-state index contributed by atoms with van der Waals surface area (Å²) >= 11 is 0. The number of hydrogen-bond donors (Lipinski definition) is 1. The molecule has 0 fully saturated rings. The number of nitrogens with zero attached hydrogens (tertiary/aromatic N) is 1. The van der Waals surface area contributed by atoms with E-state index in [0.29, 0.717) is 11.3 Å². The third kappa shape index (κ3) is 2.68. The minimum Gasteiger partial charge on any atom is -0.399 e. The summed E-state index contributed by atoms with van der Waals surface area (Å²) in [7, 11) is 0. The first-order chi connectivity index (χ1) is 7.04. The first-order valence-electron chi connectivity index (χ1n) is 4.37. The second-order valence-corrected chi connectivity index (χ2v) is 3.21. The third-order valence-corrected chi connectivity index (χ3v) is 1.95. The normalized spacial score (nSPS) is 10.9. The van der Waals surface area contributed by atoms with Crippen LogP contribution in [0.2, 0.25) is 0 Å². The second-order valence-electron chi connectivity index (χ2n) is 3.21. The lowest BCUT2D eigenvalue weighted by Crippen LogP contribution is -1.92. The first kappa shape index (κ1) is 11.0.